The Hall–Kier alpha value is -1.32. The normalized spacial score (nSPS) is 24.0. The van der Waals surface area contributed by atoms with Crippen LogP contribution in [-0.2, 0) is 12.8 Å². The van der Waals surface area contributed by atoms with E-state index in [0.29, 0.717) is 6.04 Å². The number of aryl methyl sites for hydroxylation is 1. The quantitative estimate of drug-likeness (QED) is 0.928. The second-order valence-corrected chi connectivity index (χ2v) is 6.70. The van der Waals surface area contributed by atoms with Crippen molar-refractivity contribution >= 4 is 11.3 Å². The van der Waals surface area contributed by atoms with Gasteiger partial charge in [0.25, 0.3) is 0 Å². The highest BCUT2D eigenvalue weighted by molar-refractivity contribution is 7.10. The van der Waals surface area contributed by atoms with Crippen LogP contribution in [-0.4, -0.2) is 12.6 Å². The molecule has 0 fully saturated rings. The van der Waals surface area contributed by atoms with E-state index in [1.54, 1.807) is 4.88 Å². The zero-order valence-corrected chi connectivity index (χ0v) is 12.3. The van der Waals surface area contributed by atoms with Crippen LogP contribution in [0.4, 0.5) is 0 Å². The summed E-state index contributed by atoms with van der Waals surface area (Å²) in [7, 11) is 0. The van der Waals surface area contributed by atoms with E-state index < -0.39 is 0 Å². The van der Waals surface area contributed by atoms with Gasteiger partial charge >= 0.3 is 0 Å². The van der Waals surface area contributed by atoms with Crippen molar-refractivity contribution in [2.45, 2.75) is 37.8 Å². The summed E-state index contributed by atoms with van der Waals surface area (Å²) in [5, 5.41) is 5.95. The van der Waals surface area contributed by atoms with Crippen molar-refractivity contribution in [1.82, 2.24) is 5.32 Å². The summed E-state index contributed by atoms with van der Waals surface area (Å²) < 4.78 is 6.01. The summed E-state index contributed by atoms with van der Waals surface area (Å²) in [5.74, 6) is 1.07. The van der Waals surface area contributed by atoms with Crippen molar-refractivity contribution in [2.24, 2.45) is 0 Å². The van der Waals surface area contributed by atoms with Gasteiger partial charge in [-0.05, 0) is 47.9 Å². The van der Waals surface area contributed by atoms with E-state index in [0.717, 1.165) is 18.7 Å². The lowest BCUT2D eigenvalue weighted by Crippen LogP contribution is -2.34. The van der Waals surface area contributed by atoms with E-state index in [1.165, 1.54) is 30.4 Å². The van der Waals surface area contributed by atoms with Crippen LogP contribution < -0.4 is 10.1 Å². The van der Waals surface area contributed by atoms with Crippen LogP contribution in [0.15, 0.2) is 35.7 Å². The van der Waals surface area contributed by atoms with Gasteiger partial charge in [-0.1, -0.05) is 18.2 Å². The highest BCUT2D eigenvalue weighted by Gasteiger charge is 2.25. The lowest BCUT2D eigenvalue weighted by atomic mass is 9.94. The zero-order valence-electron chi connectivity index (χ0n) is 11.5. The fraction of sp³-hybridized carbons (Fsp3) is 0.412. The van der Waals surface area contributed by atoms with Crippen LogP contribution in [0.1, 0.15) is 34.9 Å². The van der Waals surface area contributed by atoms with Crippen LogP contribution >= 0.6 is 11.3 Å². The first kappa shape index (κ1) is 12.4. The maximum absolute atomic E-state index is 6.01. The second-order valence-electron chi connectivity index (χ2n) is 5.70. The molecule has 0 saturated heterocycles. The first-order chi connectivity index (χ1) is 9.90. The Bertz CT molecular complexity index is 582. The molecular weight excluding hydrogens is 266 g/mol. The fourth-order valence-corrected chi connectivity index (χ4v) is 4.33. The molecule has 3 heteroatoms. The topological polar surface area (TPSA) is 21.3 Å². The van der Waals surface area contributed by atoms with Gasteiger partial charge in [-0.15, -0.1) is 11.3 Å². The minimum atomic E-state index is 0.288. The Kier molecular flexibility index (Phi) is 3.25. The van der Waals surface area contributed by atoms with Gasteiger partial charge in [0.2, 0.25) is 0 Å². The van der Waals surface area contributed by atoms with Gasteiger partial charge in [0.05, 0.1) is 0 Å². The van der Waals surface area contributed by atoms with Gasteiger partial charge in [-0.25, -0.2) is 0 Å². The lowest BCUT2D eigenvalue weighted by Gasteiger charge is -2.25. The van der Waals surface area contributed by atoms with E-state index in [2.05, 4.69) is 35.0 Å². The van der Waals surface area contributed by atoms with Crippen molar-refractivity contribution in [1.29, 1.82) is 0 Å². The molecule has 2 nitrogen and oxygen atoms in total. The third kappa shape index (κ3) is 2.25. The molecule has 0 spiro atoms. The first-order valence-corrected chi connectivity index (χ1v) is 8.32. The number of para-hydroxylation sites is 1. The minimum absolute atomic E-state index is 0.288. The molecule has 0 radical (unpaired) electrons. The number of rotatable bonds is 3. The molecule has 1 N–H and O–H groups in total. The predicted octanol–water partition coefficient (Wildman–Crippen LogP) is 3.72. The molecule has 1 aliphatic heterocycles. The molecule has 1 aliphatic carbocycles. The number of thiophene rings is 1. The van der Waals surface area contributed by atoms with Gasteiger partial charge in [0.15, 0.2) is 0 Å². The molecule has 4 rings (SSSR count). The summed E-state index contributed by atoms with van der Waals surface area (Å²) in [5.41, 5.74) is 2.87. The van der Waals surface area contributed by atoms with Crippen molar-refractivity contribution in [2.75, 3.05) is 6.54 Å². The Balaban J connectivity index is 1.39. The third-order valence-corrected chi connectivity index (χ3v) is 5.35. The Morgan fingerprint density at radius 3 is 3.15 bits per heavy atom. The molecule has 0 bridgehead atoms. The number of benzene rings is 1. The van der Waals surface area contributed by atoms with Crippen LogP contribution in [0.3, 0.4) is 0 Å². The molecular formula is C17H19NOS. The SMILES string of the molecule is c1ccc2c(c1)CC(CNC1CCCc3sccc31)O2. The standard InChI is InChI=1S/C17H19NOS/c1-2-6-16-12(4-1)10-13(19-16)11-18-15-5-3-7-17-14(15)8-9-20-17/h1-2,4,6,8-9,13,15,18H,3,5,7,10-11H2. The number of nitrogens with one attached hydrogen (secondary N) is 1. The lowest BCUT2D eigenvalue weighted by molar-refractivity contribution is 0.219. The monoisotopic (exact) mass is 285 g/mol. The van der Waals surface area contributed by atoms with Crippen LogP contribution in [0.5, 0.6) is 5.75 Å². The zero-order chi connectivity index (χ0) is 13.4. The van der Waals surface area contributed by atoms with Crippen molar-refractivity contribution in [3.05, 3.63) is 51.7 Å². The molecule has 20 heavy (non-hydrogen) atoms. The fourth-order valence-electron chi connectivity index (χ4n) is 3.34. The molecule has 1 aromatic carbocycles. The van der Waals surface area contributed by atoms with Crippen LogP contribution in [0.2, 0.25) is 0 Å². The Labute approximate surface area is 123 Å². The van der Waals surface area contributed by atoms with Crippen LogP contribution in [0, 0.1) is 0 Å². The minimum Gasteiger partial charge on any atom is -0.488 e. The number of hydrogen-bond donors (Lipinski definition) is 1. The molecule has 1 aromatic heterocycles. The molecule has 2 unspecified atom stereocenters. The van der Waals surface area contributed by atoms with Gasteiger partial charge in [-0.2, -0.15) is 0 Å². The average molecular weight is 285 g/mol. The third-order valence-electron chi connectivity index (χ3n) is 4.36. The van der Waals surface area contributed by atoms with Gasteiger partial charge in [0.1, 0.15) is 11.9 Å². The Morgan fingerprint density at radius 2 is 2.20 bits per heavy atom. The largest absolute Gasteiger partial charge is 0.488 e. The molecule has 2 aromatic rings. The van der Waals surface area contributed by atoms with E-state index in [4.69, 9.17) is 4.74 Å². The second kappa shape index (κ2) is 5.23. The maximum Gasteiger partial charge on any atom is 0.123 e. The average Bonchev–Trinajstić information content (AvgIpc) is 3.11. The summed E-state index contributed by atoms with van der Waals surface area (Å²) in [6, 6.07) is 11.2. The summed E-state index contributed by atoms with van der Waals surface area (Å²) in [4.78, 5) is 1.57. The van der Waals surface area contributed by atoms with E-state index >= 15 is 0 Å². The van der Waals surface area contributed by atoms with Gasteiger partial charge in [-0.3, -0.25) is 0 Å². The van der Waals surface area contributed by atoms with Gasteiger partial charge in [0, 0.05) is 23.9 Å². The molecule has 0 saturated carbocycles. The van der Waals surface area contributed by atoms with E-state index in [-0.39, 0.29) is 6.10 Å². The number of ether oxygens (including phenoxy) is 1. The molecule has 104 valence electrons. The maximum atomic E-state index is 6.01. The molecule has 2 aliphatic rings. The van der Waals surface area contributed by atoms with Crippen LogP contribution in [0.25, 0.3) is 0 Å². The molecule has 2 heterocycles. The van der Waals surface area contributed by atoms with Crippen molar-refractivity contribution in [3.8, 4) is 5.75 Å². The Morgan fingerprint density at radius 1 is 1.25 bits per heavy atom. The van der Waals surface area contributed by atoms with E-state index in [1.807, 2.05) is 17.4 Å². The highest BCUT2D eigenvalue weighted by Crippen LogP contribution is 2.34. The summed E-state index contributed by atoms with van der Waals surface area (Å²) in [6.07, 6.45) is 5.14. The summed E-state index contributed by atoms with van der Waals surface area (Å²) >= 11 is 1.91. The smallest absolute Gasteiger partial charge is 0.123 e. The van der Waals surface area contributed by atoms with Crippen molar-refractivity contribution < 1.29 is 4.74 Å². The molecule has 0 amide bonds. The highest BCUT2D eigenvalue weighted by atomic mass is 32.1. The summed E-state index contributed by atoms with van der Waals surface area (Å²) in [6.45, 7) is 0.939. The van der Waals surface area contributed by atoms with Gasteiger partial charge < -0.3 is 10.1 Å². The number of hydrogen-bond acceptors (Lipinski definition) is 3. The van der Waals surface area contributed by atoms with E-state index in [9.17, 15) is 0 Å². The number of fused-ring (bicyclic) bond motifs is 2. The predicted molar refractivity (Wildman–Crippen MR) is 82.6 cm³/mol. The van der Waals surface area contributed by atoms with Crippen molar-refractivity contribution in [3.63, 3.8) is 0 Å². The molecule has 2 atom stereocenters. The first-order valence-electron chi connectivity index (χ1n) is 7.44.